The first-order chi connectivity index (χ1) is 28.8. The van der Waals surface area contributed by atoms with Gasteiger partial charge in [-0.2, -0.15) is 0 Å². The average Bonchev–Trinajstić information content (AvgIpc) is 3.64. The molecule has 10 aromatic rings. The molecule has 0 saturated carbocycles. The summed E-state index contributed by atoms with van der Waals surface area (Å²) < 4.78 is 2.51. The molecular weight excluding hydrogens is 721 g/mol. The van der Waals surface area contributed by atoms with Crippen LogP contribution in [0.25, 0.3) is 49.7 Å². The second-order valence-corrected chi connectivity index (χ2v) is 16.3. The molecule has 9 aromatic carbocycles. The van der Waals surface area contributed by atoms with Gasteiger partial charge in [0.2, 0.25) is 0 Å². The number of anilines is 3. The van der Waals surface area contributed by atoms with Crippen LogP contribution in [-0.4, -0.2) is 4.57 Å². The quantitative estimate of drug-likeness (QED) is 0.173. The zero-order chi connectivity index (χ0) is 38.2. The molecule has 12 rings (SSSR count). The van der Waals surface area contributed by atoms with E-state index in [9.17, 15) is 0 Å². The summed E-state index contributed by atoms with van der Waals surface area (Å²) in [6, 6.07) is 80.3. The molecule has 1 unspecified atom stereocenters. The Labute approximate surface area is 342 Å². The van der Waals surface area contributed by atoms with E-state index in [2.05, 4.69) is 228 Å². The SMILES string of the molecule is c1ccc(N(c2ccccc2)c2ccc(-c3ccc(-c4cccc5c4Sc4ccccc4C54c5ccccc5-n5c6ccccc6c6cccc4c65)cc3)cc2)cc1. The van der Waals surface area contributed by atoms with E-state index in [0.717, 1.165) is 17.1 Å². The maximum Gasteiger partial charge on any atom is 0.0764 e. The van der Waals surface area contributed by atoms with Crippen molar-refractivity contribution < 1.29 is 0 Å². The van der Waals surface area contributed by atoms with E-state index in [0.29, 0.717) is 0 Å². The van der Waals surface area contributed by atoms with Gasteiger partial charge in [0.15, 0.2) is 0 Å². The van der Waals surface area contributed by atoms with Crippen LogP contribution in [0.2, 0.25) is 0 Å². The Balaban J connectivity index is 0.992. The van der Waals surface area contributed by atoms with Crippen molar-refractivity contribution >= 4 is 50.6 Å². The van der Waals surface area contributed by atoms with Gasteiger partial charge in [-0.05, 0) is 99.1 Å². The monoisotopic (exact) mass is 756 g/mol. The zero-order valence-electron chi connectivity index (χ0n) is 31.6. The van der Waals surface area contributed by atoms with E-state index in [1.165, 1.54) is 81.8 Å². The van der Waals surface area contributed by atoms with Gasteiger partial charge in [0.05, 0.1) is 22.1 Å². The molecule has 0 aliphatic carbocycles. The Morgan fingerprint density at radius 1 is 0.379 bits per heavy atom. The molecule has 0 saturated heterocycles. The van der Waals surface area contributed by atoms with Crippen LogP contribution in [0.5, 0.6) is 0 Å². The summed E-state index contributed by atoms with van der Waals surface area (Å²) >= 11 is 1.91. The molecule has 1 atom stereocenters. The summed E-state index contributed by atoms with van der Waals surface area (Å²) in [5.41, 5.74) is 16.9. The average molecular weight is 757 g/mol. The van der Waals surface area contributed by atoms with Gasteiger partial charge in [-0.25, -0.2) is 0 Å². The van der Waals surface area contributed by atoms with Crippen LogP contribution in [0.4, 0.5) is 17.1 Å². The Morgan fingerprint density at radius 2 is 0.914 bits per heavy atom. The molecule has 2 aliphatic rings. The maximum absolute atomic E-state index is 2.51. The van der Waals surface area contributed by atoms with Crippen molar-refractivity contribution in [3.8, 4) is 27.9 Å². The Kier molecular flexibility index (Phi) is 7.41. The Morgan fingerprint density at radius 3 is 1.67 bits per heavy atom. The fourth-order valence-corrected chi connectivity index (χ4v) is 11.1. The van der Waals surface area contributed by atoms with E-state index in [-0.39, 0.29) is 0 Å². The van der Waals surface area contributed by atoms with Gasteiger partial charge in [-0.1, -0.05) is 176 Å². The highest BCUT2D eigenvalue weighted by molar-refractivity contribution is 7.99. The molecule has 2 nitrogen and oxygen atoms in total. The molecule has 1 spiro atoms. The molecule has 0 radical (unpaired) electrons. The number of hydrogen-bond donors (Lipinski definition) is 0. The molecule has 3 heteroatoms. The lowest BCUT2D eigenvalue weighted by atomic mass is 9.62. The van der Waals surface area contributed by atoms with Crippen LogP contribution in [0.3, 0.4) is 0 Å². The van der Waals surface area contributed by atoms with E-state index < -0.39 is 5.41 Å². The molecule has 3 heterocycles. The fraction of sp³-hybridized carbons (Fsp3) is 0.0182. The number of para-hydroxylation sites is 5. The highest BCUT2D eigenvalue weighted by atomic mass is 32.2. The first-order valence-corrected chi connectivity index (χ1v) is 20.8. The van der Waals surface area contributed by atoms with Gasteiger partial charge in [-0.3, -0.25) is 0 Å². The predicted molar refractivity (Wildman–Crippen MR) is 242 cm³/mol. The number of fused-ring (bicyclic) bond motifs is 11. The number of aromatic nitrogens is 1. The smallest absolute Gasteiger partial charge is 0.0764 e. The molecule has 2 aliphatic heterocycles. The second kappa shape index (κ2) is 13.0. The van der Waals surface area contributed by atoms with Crippen LogP contribution in [0.1, 0.15) is 22.3 Å². The summed E-state index contributed by atoms with van der Waals surface area (Å²) in [6.45, 7) is 0. The predicted octanol–water partition coefficient (Wildman–Crippen LogP) is 14.7. The maximum atomic E-state index is 2.51. The highest BCUT2D eigenvalue weighted by Crippen LogP contribution is 2.61. The van der Waals surface area contributed by atoms with E-state index in [1.807, 2.05) is 11.8 Å². The van der Waals surface area contributed by atoms with Crippen molar-refractivity contribution in [1.29, 1.82) is 0 Å². The third-order valence-corrected chi connectivity index (χ3v) is 13.5. The lowest BCUT2D eigenvalue weighted by molar-refractivity contribution is 0.690. The summed E-state index contributed by atoms with van der Waals surface area (Å²) in [6.07, 6.45) is 0. The van der Waals surface area contributed by atoms with Crippen molar-refractivity contribution in [2.75, 3.05) is 4.90 Å². The third-order valence-electron chi connectivity index (χ3n) is 12.3. The first-order valence-electron chi connectivity index (χ1n) is 19.9. The third kappa shape index (κ3) is 4.74. The summed E-state index contributed by atoms with van der Waals surface area (Å²) in [4.78, 5) is 4.92. The van der Waals surface area contributed by atoms with Gasteiger partial charge in [0, 0.05) is 37.6 Å². The topological polar surface area (TPSA) is 8.17 Å². The minimum Gasteiger partial charge on any atom is -0.311 e. The fourth-order valence-electron chi connectivity index (χ4n) is 9.82. The highest BCUT2D eigenvalue weighted by Gasteiger charge is 2.49. The van der Waals surface area contributed by atoms with Crippen LogP contribution in [0, 0.1) is 0 Å². The van der Waals surface area contributed by atoms with Crippen molar-refractivity contribution in [3.63, 3.8) is 0 Å². The van der Waals surface area contributed by atoms with Gasteiger partial charge >= 0.3 is 0 Å². The number of nitrogens with zero attached hydrogens (tertiary/aromatic N) is 2. The molecule has 0 amide bonds. The minimum absolute atomic E-state index is 0.497. The van der Waals surface area contributed by atoms with Gasteiger partial charge in [-0.15, -0.1) is 0 Å². The molecule has 58 heavy (non-hydrogen) atoms. The van der Waals surface area contributed by atoms with Crippen LogP contribution >= 0.6 is 11.8 Å². The van der Waals surface area contributed by atoms with E-state index in [1.54, 1.807) is 0 Å². The van der Waals surface area contributed by atoms with Crippen LogP contribution in [-0.2, 0) is 5.41 Å². The van der Waals surface area contributed by atoms with Gasteiger partial charge < -0.3 is 9.47 Å². The van der Waals surface area contributed by atoms with Crippen molar-refractivity contribution in [1.82, 2.24) is 4.57 Å². The molecule has 0 bridgehead atoms. The van der Waals surface area contributed by atoms with Crippen LogP contribution in [0.15, 0.2) is 228 Å². The van der Waals surface area contributed by atoms with Gasteiger partial charge in [0.1, 0.15) is 0 Å². The van der Waals surface area contributed by atoms with Crippen molar-refractivity contribution in [2.45, 2.75) is 15.2 Å². The van der Waals surface area contributed by atoms with E-state index >= 15 is 0 Å². The normalized spacial score (nSPS) is 14.9. The summed E-state index contributed by atoms with van der Waals surface area (Å²) in [5, 5.41) is 2.59. The first kappa shape index (κ1) is 33.1. The Hall–Kier alpha value is -7.07. The van der Waals surface area contributed by atoms with Crippen molar-refractivity contribution in [2.24, 2.45) is 0 Å². The van der Waals surface area contributed by atoms with Crippen LogP contribution < -0.4 is 4.90 Å². The van der Waals surface area contributed by atoms with E-state index in [4.69, 9.17) is 0 Å². The Bertz CT molecular complexity index is 3140. The van der Waals surface area contributed by atoms with Gasteiger partial charge in [0.25, 0.3) is 0 Å². The molecule has 1 aromatic heterocycles. The number of benzene rings is 9. The molecule has 0 N–H and O–H groups in total. The summed E-state index contributed by atoms with van der Waals surface area (Å²) in [5.74, 6) is 0. The molecule has 0 fully saturated rings. The standard InChI is InChI=1S/C55H36N2S/c1-3-15-40(16-4-1)56(41-17-5-2-6-18-41)42-35-33-38(34-36-42)37-29-31-39(32-30-37)43-20-13-25-49-54(43)58-52-28-12-9-23-47(52)55(49)46-22-8-11-27-51(46)57-50-26-10-7-19-44(50)45-21-14-24-48(55)53(45)57/h1-36H. The lowest BCUT2D eigenvalue weighted by Gasteiger charge is -2.45. The van der Waals surface area contributed by atoms with Crippen molar-refractivity contribution in [3.05, 3.63) is 241 Å². The second-order valence-electron chi connectivity index (χ2n) is 15.2. The summed E-state index contributed by atoms with van der Waals surface area (Å²) in [7, 11) is 0. The minimum atomic E-state index is -0.497. The lowest BCUT2D eigenvalue weighted by Crippen LogP contribution is -2.37. The number of hydrogen-bond acceptors (Lipinski definition) is 2. The zero-order valence-corrected chi connectivity index (χ0v) is 32.4. The molecule has 272 valence electrons. The number of rotatable bonds is 5. The largest absolute Gasteiger partial charge is 0.311 e. The molecular formula is C55H36N2S.